The molecule has 0 N–H and O–H groups in total. The molecule has 0 aromatic carbocycles. The number of hydrogen-bond acceptors (Lipinski definition) is 3. The average Bonchev–Trinajstić information content (AvgIpc) is 1.86. The Morgan fingerprint density at radius 2 is 1.91 bits per heavy atom. The van der Waals surface area contributed by atoms with Crippen LogP contribution in [0.15, 0.2) is 4.99 Å². The van der Waals surface area contributed by atoms with Crippen LogP contribution in [0.3, 0.4) is 0 Å². The van der Waals surface area contributed by atoms with Gasteiger partial charge in [0.1, 0.15) is 0 Å². The Balaban J connectivity index is 4.39. The van der Waals surface area contributed by atoms with E-state index < -0.39 is 9.84 Å². The van der Waals surface area contributed by atoms with Crippen LogP contribution in [0.5, 0.6) is 0 Å². The molecule has 0 rings (SSSR count). The molecule has 0 bridgehead atoms. The molecule has 0 aromatic heterocycles. The van der Waals surface area contributed by atoms with Crippen molar-refractivity contribution in [1.29, 1.82) is 0 Å². The highest BCUT2D eigenvalue weighted by Gasteiger charge is 2.16. The van der Waals surface area contributed by atoms with Crippen LogP contribution in [0.1, 0.15) is 20.8 Å². The zero-order valence-electron chi connectivity index (χ0n) is 7.46. The van der Waals surface area contributed by atoms with Gasteiger partial charge in [-0.05, 0) is 20.8 Å². The first-order chi connectivity index (χ1) is 4.90. The highest BCUT2D eigenvalue weighted by atomic mass is 32.2. The fourth-order valence-electron chi connectivity index (χ4n) is 0.522. The van der Waals surface area contributed by atoms with E-state index in [2.05, 4.69) is 4.99 Å². The summed E-state index contributed by atoms with van der Waals surface area (Å²) in [6.45, 7) is 5.08. The zero-order chi connectivity index (χ0) is 9.07. The Hall–Kier alpha value is -0.380. The SMILES string of the molecule is CN=C(C)CS(=O)(=O)C(C)C. The maximum absolute atomic E-state index is 11.2. The Morgan fingerprint density at radius 3 is 2.18 bits per heavy atom. The van der Waals surface area contributed by atoms with Gasteiger partial charge in [0, 0.05) is 12.8 Å². The van der Waals surface area contributed by atoms with Gasteiger partial charge in [-0.2, -0.15) is 0 Å². The summed E-state index contributed by atoms with van der Waals surface area (Å²) in [6.07, 6.45) is 0. The van der Waals surface area contributed by atoms with Gasteiger partial charge in [-0.1, -0.05) is 0 Å². The predicted octanol–water partition coefficient (Wildman–Crippen LogP) is 0.900. The fourth-order valence-corrected chi connectivity index (χ4v) is 1.57. The Kier molecular flexibility index (Phi) is 3.72. The van der Waals surface area contributed by atoms with E-state index in [-0.39, 0.29) is 11.0 Å². The molecule has 0 aliphatic carbocycles. The summed E-state index contributed by atoms with van der Waals surface area (Å²) in [5, 5.41) is -0.306. The summed E-state index contributed by atoms with van der Waals surface area (Å²) in [7, 11) is -1.34. The molecular weight excluding hydrogens is 162 g/mol. The Morgan fingerprint density at radius 1 is 1.45 bits per heavy atom. The van der Waals surface area contributed by atoms with Gasteiger partial charge in [0.2, 0.25) is 0 Å². The minimum absolute atomic E-state index is 0.0845. The maximum Gasteiger partial charge on any atom is 0.157 e. The molecule has 0 radical (unpaired) electrons. The molecule has 0 aliphatic heterocycles. The third-order valence-corrected chi connectivity index (χ3v) is 3.77. The first kappa shape index (κ1) is 10.6. The molecule has 0 saturated heterocycles. The summed E-state index contributed by atoms with van der Waals surface area (Å²) in [6, 6.07) is 0. The number of aliphatic imine (C=N–C) groups is 1. The van der Waals surface area contributed by atoms with Gasteiger partial charge >= 0.3 is 0 Å². The first-order valence-corrected chi connectivity index (χ1v) is 5.25. The van der Waals surface area contributed by atoms with Crippen molar-refractivity contribution < 1.29 is 8.42 Å². The zero-order valence-corrected chi connectivity index (χ0v) is 8.27. The molecule has 0 aromatic rings. The molecule has 3 nitrogen and oxygen atoms in total. The number of nitrogens with zero attached hydrogens (tertiary/aromatic N) is 1. The highest BCUT2D eigenvalue weighted by molar-refractivity contribution is 7.92. The van der Waals surface area contributed by atoms with Crippen LogP contribution in [0.25, 0.3) is 0 Å². The van der Waals surface area contributed by atoms with Gasteiger partial charge in [0.15, 0.2) is 9.84 Å². The van der Waals surface area contributed by atoms with Gasteiger partial charge in [0.25, 0.3) is 0 Å². The predicted molar refractivity (Wildman–Crippen MR) is 48.0 cm³/mol. The van der Waals surface area contributed by atoms with Crippen LogP contribution in [-0.4, -0.2) is 32.2 Å². The molecular formula is C7H15NO2S. The average molecular weight is 177 g/mol. The van der Waals surface area contributed by atoms with Gasteiger partial charge < -0.3 is 0 Å². The summed E-state index contributed by atoms with van der Waals surface area (Å²) in [5.74, 6) is 0.0845. The van der Waals surface area contributed by atoms with Crippen molar-refractivity contribution in [3.63, 3.8) is 0 Å². The summed E-state index contributed by atoms with van der Waals surface area (Å²) >= 11 is 0. The minimum atomic E-state index is -2.94. The number of rotatable bonds is 3. The molecule has 0 unspecified atom stereocenters. The topological polar surface area (TPSA) is 46.5 Å². The fraction of sp³-hybridized carbons (Fsp3) is 0.857. The smallest absolute Gasteiger partial charge is 0.157 e. The van der Waals surface area contributed by atoms with E-state index in [9.17, 15) is 8.42 Å². The van der Waals surface area contributed by atoms with Crippen molar-refractivity contribution in [2.45, 2.75) is 26.0 Å². The second-order valence-corrected chi connectivity index (χ2v) is 5.37. The Labute approximate surface area is 68.4 Å². The van der Waals surface area contributed by atoms with E-state index in [1.165, 1.54) is 0 Å². The lowest BCUT2D eigenvalue weighted by molar-refractivity contribution is 0.591. The minimum Gasteiger partial charge on any atom is -0.297 e. The van der Waals surface area contributed by atoms with Crippen LogP contribution in [0.4, 0.5) is 0 Å². The molecule has 0 atom stereocenters. The van der Waals surface area contributed by atoms with E-state index in [1.54, 1.807) is 27.8 Å². The monoisotopic (exact) mass is 177 g/mol. The molecule has 0 aliphatic rings. The van der Waals surface area contributed by atoms with Crippen molar-refractivity contribution in [3.05, 3.63) is 0 Å². The molecule has 0 amide bonds. The molecule has 0 heterocycles. The van der Waals surface area contributed by atoms with Gasteiger partial charge in [0.05, 0.1) is 11.0 Å². The van der Waals surface area contributed by atoms with Gasteiger partial charge in [-0.3, -0.25) is 4.99 Å². The van der Waals surface area contributed by atoms with Crippen molar-refractivity contribution >= 4 is 15.5 Å². The number of sulfone groups is 1. The standard InChI is InChI=1S/C7H15NO2S/c1-6(2)11(9,10)5-7(3)8-4/h6H,5H2,1-4H3. The third-order valence-electron chi connectivity index (χ3n) is 1.51. The lowest BCUT2D eigenvalue weighted by Crippen LogP contribution is -2.22. The van der Waals surface area contributed by atoms with Crippen molar-refractivity contribution in [2.75, 3.05) is 12.8 Å². The maximum atomic E-state index is 11.2. The van der Waals surface area contributed by atoms with E-state index in [0.717, 1.165) is 0 Å². The first-order valence-electron chi connectivity index (χ1n) is 3.54. The van der Waals surface area contributed by atoms with Crippen LogP contribution in [-0.2, 0) is 9.84 Å². The molecule has 11 heavy (non-hydrogen) atoms. The Bertz CT molecular complexity index is 239. The van der Waals surface area contributed by atoms with Crippen LogP contribution in [0, 0.1) is 0 Å². The van der Waals surface area contributed by atoms with Crippen LogP contribution >= 0.6 is 0 Å². The van der Waals surface area contributed by atoms with Crippen LogP contribution < -0.4 is 0 Å². The second-order valence-electron chi connectivity index (χ2n) is 2.81. The quantitative estimate of drug-likeness (QED) is 0.601. The molecule has 0 spiro atoms. The largest absolute Gasteiger partial charge is 0.297 e. The van der Waals surface area contributed by atoms with Crippen molar-refractivity contribution in [3.8, 4) is 0 Å². The summed E-state index contributed by atoms with van der Waals surface area (Å²) in [4.78, 5) is 3.79. The third kappa shape index (κ3) is 3.51. The van der Waals surface area contributed by atoms with E-state index in [4.69, 9.17) is 0 Å². The lowest BCUT2D eigenvalue weighted by Gasteiger charge is -2.05. The van der Waals surface area contributed by atoms with Crippen molar-refractivity contribution in [1.82, 2.24) is 0 Å². The highest BCUT2D eigenvalue weighted by Crippen LogP contribution is 2.00. The molecule has 4 heteroatoms. The normalized spacial score (nSPS) is 14.1. The van der Waals surface area contributed by atoms with E-state index in [0.29, 0.717) is 5.71 Å². The second kappa shape index (κ2) is 3.85. The number of hydrogen-bond donors (Lipinski definition) is 0. The molecule has 0 fully saturated rings. The van der Waals surface area contributed by atoms with Crippen molar-refractivity contribution in [2.24, 2.45) is 4.99 Å². The van der Waals surface area contributed by atoms with Crippen LogP contribution in [0.2, 0.25) is 0 Å². The van der Waals surface area contributed by atoms with E-state index in [1.807, 2.05) is 0 Å². The lowest BCUT2D eigenvalue weighted by atomic mass is 10.5. The molecule has 0 saturated carbocycles. The van der Waals surface area contributed by atoms with Gasteiger partial charge in [-0.15, -0.1) is 0 Å². The van der Waals surface area contributed by atoms with Gasteiger partial charge in [-0.25, -0.2) is 8.42 Å². The summed E-state index contributed by atoms with van der Waals surface area (Å²) in [5.41, 5.74) is 0.665. The van der Waals surface area contributed by atoms with E-state index >= 15 is 0 Å². The summed E-state index contributed by atoms with van der Waals surface area (Å²) < 4.78 is 22.4. The molecule has 66 valence electrons.